The van der Waals surface area contributed by atoms with Crippen LogP contribution in [0.1, 0.15) is 16.7 Å². The number of aromatic hydroxyl groups is 1. The summed E-state index contributed by atoms with van der Waals surface area (Å²) < 4.78 is 25.1. The van der Waals surface area contributed by atoms with Crippen LogP contribution in [0.4, 0.5) is 10.1 Å². The molecule has 1 spiro atoms. The molecule has 6 rings (SSSR count). The second kappa shape index (κ2) is 9.63. The molecule has 3 aromatic rings. The van der Waals surface area contributed by atoms with E-state index in [2.05, 4.69) is 10.6 Å². The van der Waals surface area contributed by atoms with E-state index in [0.29, 0.717) is 35.6 Å². The first-order chi connectivity index (χ1) is 19.3. The zero-order chi connectivity index (χ0) is 28.2. The van der Waals surface area contributed by atoms with E-state index in [1.54, 1.807) is 43.5 Å². The standard InChI is InChI=1S/C30H28FN3O6/c1-39-23-10-5-17(14-24(23)40-2)11-12-34-27(36)25-22(13-16-3-7-19(35)8-4-16)33-30(26(25)28(34)37)20-15-18(31)6-9-21(20)32-29(30)38/h3-10,14-15,22,25-26,33,35H,11-13H2,1-2H3,(H,32,38). The lowest BCUT2D eigenvalue weighted by molar-refractivity contribution is -0.142. The van der Waals surface area contributed by atoms with E-state index in [1.807, 2.05) is 6.07 Å². The highest BCUT2D eigenvalue weighted by Crippen LogP contribution is 2.53. The second-order valence-electron chi connectivity index (χ2n) is 10.3. The zero-order valence-corrected chi connectivity index (χ0v) is 21.9. The average molecular weight is 546 g/mol. The minimum atomic E-state index is -1.59. The van der Waals surface area contributed by atoms with Crippen molar-refractivity contribution in [1.29, 1.82) is 0 Å². The van der Waals surface area contributed by atoms with Gasteiger partial charge in [-0.3, -0.25) is 24.6 Å². The number of amides is 3. The number of likely N-dealkylation sites (tertiary alicyclic amines) is 1. The number of phenols is 1. The first-order valence-electron chi connectivity index (χ1n) is 13.0. The predicted octanol–water partition coefficient (Wildman–Crippen LogP) is 2.75. The molecular weight excluding hydrogens is 517 g/mol. The molecule has 4 unspecified atom stereocenters. The molecule has 0 saturated carbocycles. The molecule has 0 aliphatic carbocycles. The van der Waals surface area contributed by atoms with Gasteiger partial charge in [-0.2, -0.15) is 0 Å². The number of halogens is 1. The van der Waals surface area contributed by atoms with Crippen molar-refractivity contribution in [3.05, 3.63) is 83.2 Å². The lowest BCUT2D eigenvalue weighted by Crippen LogP contribution is -2.53. The maximum absolute atomic E-state index is 14.5. The van der Waals surface area contributed by atoms with Gasteiger partial charge in [0.25, 0.3) is 0 Å². The van der Waals surface area contributed by atoms with Crippen LogP contribution in [-0.2, 0) is 32.8 Å². The Labute approximate surface area is 229 Å². The van der Waals surface area contributed by atoms with Gasteiger partial charge in [0.2, 0.25) is 17.7 Å². The molecule has 2 saturated heterocycles. The highest BCUT2D eigenvalue weighted by molar-refractivity contribution is 6.15. The second-order valence-corrected chi connectivity index (χ2v) is 10.3. The molecule has 40 heavy (non-hydrogen) atoms. The fourth-order valence-corrected chi connectivity index (χ4v) is 6.39. The Morgan fingerprint density at radius 2 is 1.65 bits per heavy atom. The summed E-state index contributed by atoms with van der Waals surface area (Å²) in [5.41, 5.74) is 0.799. The summed E-state index contributed by atoms with van der Waals surface area (Å²) in [4.78, 5) is 42.7. The number of nitrogens with zero attached hydrogens (tertiary/aromatic N) is 1. The predicted molar refractivity (Wildman–Crippen MR) is 142 cm³/mol. The summed E-state index contributed by atoms with van der Waals surface area (Å²) in [6.07, 6.45) is 0.696. The number of hydrogen-bond acceptors (Lipinski definition) is 7. The summed E-state index contributed by atoms with van der Waals surface area (Å²) in [7, 11) is 3.07. The summed E-state index contributed by atoms with van der Waals surface area (Å²) >= 11 is 0. The summed E-state index contributed by atoms with van der Waals surface area (Å²) in [5, 5.41) is 15.8. The number of ether oxygens (including phenoxy) is 2. The van der Waals surface area contributed by atoms with Gasteiger partial charge in [0.1, 0.15) is 17.1 Å². The SMILES string of the molecule is COc1ccc(CCN2C(=O)C3C(Cc4ccc(O)cc4)NC4(C(=O)Nc5ccc(F)cc54)C3C2=O)cc1OC. The quantitative estimate of drug-likeness (QED) is 0.391. The van der Waals surface area contributed by atoms with Gasteiger partial charge in [-0.15, -0.1) is 0 Å². The number of anilines is 1. The highest BCUT2D eigenvalue weighted by Gasteiger charge is 2.70. The number of imide groups is 1. The lowest BCUT2D eigenvalue weighted by Gasteiger charge is -2.29. The summed E-state index contributed by atoms with van der Waals surface area (Å²) in [6, 6.07) is 15.3. The van der Waals surface area contributed by atoms with Gasteiger partial charge >= 0.3 is 0 Å². The molecule has 10 heteroatoms. The number of methoxy groups -OCH3 is 2. The lowest BCUT2D eigenvalue weighted by atomic mass is 9.76. The van der Waals surface area contributed by atoms with Gasteiger partial charge in [-0.25, -0.2) is 4.39 Å². The van der Waals surface area contributed by atoms with Crippen molar-refractivity contribution in [2.75, 3.05) is 26.1 Å². The first-order valence-corrected chi connectivity index (χ1v) is 13.0. The molecule has 4 atom stereocenters. The maximum Gasteiger partial charge on any atom is 0.250 e. The molecule has 3 aliphatic rings. The molecule has 3 N–H and O–H groups in total. The van der Waals surface area contributed by atoms with Gasteiger partial charge in [0.05, 0.1) is 26.1 Å². The molecule has 3 aromatic carbocycles. The van der Waals surface area contributed by atoms with E-state index in [4.69, 9.17) is 9.47 Å². The largest absolute Gasteiger partial charge is 0.508 e. The van der Waals surface area contributed by atoms with Crippen LogP contribution in [0.3, 0.4) is 0 Å². The Bertz CT molecular complexity index is 1530. The van der Waals surface area contributed by atoms with Gasteiger partial charge < -0.3 is 19.9 Å². The van der Waals surface area contributed by atoms with Crippen LogP contribution >= 0.6 is 0 Å². The van der Waals surface area contributed by atoms with Crippen molar-refractivity contribution in [1.82, 2.24) is 10.2 Å². The first kappa shape index (κ1) is 25.8. The van der Waals surface area contributed by atoms with Crippen molar-refractivity contribution in [2.24, 2.45) is 11.8 Å². The third-order valence-corrected chi connectivity index (χ3v) is 8.23. The van der Waals surface area contributed by atoms with E-state index < -0.39 is 41.0 Å². The summed E-state index contributed by atoms with van der Waals surface area (Å²) in [5.74, 6) is -2.56. The Balaban J connectivity index is 1.36. The number of nitrogens with one attached hydrogen (secondary N) is 2. The van der Waals surface area contributed by atoms with E-state index >= 15 is 0 Å². The van der Waals surface area contributed by atoms with Gasteiger partial charge in [0, 0.05) is 23.8 Å². The van der Waals surface area contributed by atoms with Crippen LogP contribution in [0.5, 0.6) is 17.2 Å². The molecule has 3 amide bonds. The molecule has 206 valence electrons. The van der Waals surface area contributed by atoms with Crippen LogP contribution in [0, 0.1) is 17.7 Å². The number of phenolic OH excluding ortho intramolecular Hbond substituents is 1. The fourth-order valence-electron chi connectivity index (χ4n) is 6.39. The van der Waals surface area contributed by atoms with Gasteiger partial charge in [-0.1, -0.05) is 18.2 Å². The van der Waals surface area contributed by atoms with Crippen molar-refractivity contribution in [2.45, 2.75) is 24.4 Å². The highest BCUT2D eigenvalue weighted by atomic mass is 19.1. The van der Waals surface area contributed by atoms with E-state index in [0.717, 1.165) is 11.1 Å². The molecule has 2 fully saturated rings. The Morgan fingerprint density at radius 3 is 2.38 bits per heavy atom. The minimum absolute atomic E-state index is 0.102. The fraction of sp³-hybridized carbons (Fsp3) is 0.300. The Kier molecular flexibility index (Phi) is 6.22. The topological polar surface area (TPSA) is 117 Å². The van der Waals surface area contributed by atoms with Crippen LogP contribution in [0.15, 0.2) is 60.7 Å². The van der Waals surface area contributed by atoms with Crippen LogP contribution in [0.25, 0.3) is 0 Å². The van der Waals surface area contributed by atoms with E-state index in [-0.39, 0.29) is 18.2 Å². The molecule has 0 aromatic heterocycles. The molecule has 3 aliphatic heterocycles. The maximum atomic E-state index is 14.5. The monoisotopic (exact) mass is 545 g/mol. The van der Waals surface area contributed by atoms with Crippen LogP contribution in [0.2, 0.25) is 0 Å². The number of benzene rings is 3. The smallest absolute Gasteiger partial charge is 0.250 e. The van der Waals surface area contributed by atoms with Gasteiger partial charge in [-0.05, 0) is 66.4 Å². The third kappa shape index (κ3) is 3.90. The molecule has 0 bridgehead atoms. The van der Waals surface area contributed by atoms with Crippen molar-refractivity contribution >= 4 is 23.4 Å². The number of fused-ring (bicyclic) bond motifs is 4. The van der Waals surface area contributed by atoms with Crippen molar-refractivity contribution < 1.29 is 33.4 Å². The number of carbonyl (C=O) groups is 3. The van der Waals surface area contributed by atoms with E-state index in [9.17, 15) is 23.9 Å². The van der Waals surface area contributed by atoms with Crippen molar-refractivity contribution in [3.63, 3.8) is 0 Å². The zero-order valence-electron chi connectivity index (χ0n) is 21.9. The number of carbonyl (C=O) groups excluding carboxylic acids is 3. The molecule has 3 heterocycles. The molecule has 9 nitrogen and oxygen atoms in total. The molecule has 0 radical (unpaired) electrons. The average Bonchev–Trinajstić information content (AvgIpc) is 3.52. The van der Waals surface area contributed by atoms with Crippen molar-refractivity contribution in [3.8, 4) is 17.2 Å². The third-order valence-electron chi connectivity index (χ3n) is 8.23. The van der Waals surface area contributed by atoms with Crippen LogP contribution in [-0.4, -0.2) is 54.5 Å². The Morgan fingerprint density at radius 1 is 0.925 bits per heavy atom. The number of rotatable bonds is 7. The molecular formula is C30H28FN3O6. The normalized spacial score (nSPS) is 24.8. The summed E-state index contributed by atoms with van der Waals surface area (Å²) in [6.45, 7) is 0.111. The van der Waals surface area contributed by atoms with Gasteiger partial charge in [0.15, 0.2) is 11.5 Å². The van der Waals surface area contributed by atoms with E-state index in [1.165, 1.54) is 30.2 Å². The number of hydrogen-bond donors (Lipinski definition) is 3. The minimum Gasteiger partial charge on any atom is -0.508 e. The Hall–Kier alpha value is -4.44. The van der Waals surface area contributed by atoms with Crippen LogP contribution < -0.4 is 20.1 Å².